The zero-order chi connectivity index (χ0) is 39.1. The van der Waals surface area contributed by atoms with Crippen LogP contribution in [0.4, 0.5) is 0 Å². The number of carbonyl (C=O) groups excluding carboxylic acids is 3. The summed E-state index contributed by atoms with van der Waals surface area (Å²) in [5, 5.41) is 3.08. The number of likely N-dealkylation sites (N-methyl/N-ethyl adjacent to an activating group) is 1. The van der Waals surface area contributed by atoms with E-state index in [1.54, 1.807) is 38.3 Å². The number of amides is 1. The van der Waals surface area contributed by atoms with Gasteiger partial charge in [0.1, 0.15) is 39.4 Å². The largest absolute Gasteiger partial charge is 0.497 e. The Labute approximate surface area is 318 Å². The third-order valence-electron chi connectivity index (χ3n) is 10.1. The summed E-state index contributed by atoms with van der Waals surface area (Å²) < 4.78 is 45.7. The molecule has 3 aromatic carbocycles. The summed E-state index contributed by atoms with van der Waals surface area (Å²) in [6.07, 6.45) is -0.0860. The molecule has 0 bridgehead atoms. The highest BCUT2D eigenvalue weighted by atomic mass is 35.5. The Morgan fingerprint density at radius 3 is 2.04 bits per heavy atom. The first-order chi connectivity index (χ1) is 25.9. The summed E-state index contributed by atoms with van der Waals surface area (Å²) in [4.78, 5) is 45.3. The van der Waals surface area contributed by atoms with Gasteiger partial charge in [0, 0.05) is 36.1 Å². The first-order valence-corrected chi connectivity index (χ1v) is 17.5. The smallest absolute Gasteiger partial charge is 0.237 e. The maximum atomic E-state index is 14.9. The van der Waals surface area contributed by atoms with Gasteiger partial charge in [-0.2, -0.15) is 0 Å². The van der Waals surface area contributed by atoms with E-state index in [1.165, 1.54) is 41.6 Å². The second-order valence-corrected chi connectivity index (χ2v) is 13.6. The maximum Gasteiger partial charge on any atom is 0.237 e. The minimum absolute atomic E-state index is 0.00111. The molecule has 0 saturated heterocycles. The summed E-state index contributed by atoms with van der Waals surface area (Å²) in [6, 6.07) is 11.9. The van der Waals surface area contributed by atoms with Gasteiger partial charge in [-0.25, -0.2) is 0 Å². The second kappa shape index (κ2) is 15.2. The fraction of sp³-hybridized carbons (Fsp3) is 0.375. The summed E-state index contributed by atoms with van der Waals surface area (Å²) >= 11 is 6.66. The first kappa shape index (κ1) is 38.3. The summed E-state index contributed by atoms with van der Waals surface area (Å²) in [5.41, 5.74) is -0.0862. The Hall–Kier alpha value is -5.40. The lowest BCUT2D eigenvalue weighted by Gasteiger charge is -2.35. The van der Waals surface area contributed by atoms with E-state index < -0.39 is 23.1 Å². The summed E-state index contributed by atoms with van der Waals surface area (Å²) in [7, 11) is 12.8. The van der Waals surface area contributed by atoms with Crippen molar-refractivity contribution >= 4 is 29.1 Å². The molecule has 4 aromatic rings. The zero-order valence-electron chi connectivity index (χ0n) is 31.6. The lowest BCUT2D eigenvalue weighted by Crippen LogP contribution is -2.56. The highest BCUT2D eigenvalue weighted by molar-refractivity contribution is 6.36. The van der Waals surface area contributed by atoms with Gasteiger partial charge >= 0.3 is 0 Å². The Morgan fingerprint density at radius 1 is 0.870 bits per heavy atom. The molecule has 286 valence electrons. The van der Waals surface area contributed by atoms with Crippen molar-refractivity contribution in [3.63, 3.8) is 0 Å². The van der Waals surface area contributed by atoms with E-state index in [2.05, 4.69) is 5.32 Å². The summed E-state index contributed by atoms with van der Waals surface area (Å²) in [6.45, 7) is 1.93. The van der Waals surface area contributed by atoms with Gasteiger partial charge in [-0.3, -0.25) is 14.4 Å². The van der Waals surface area contributed by atoms with Crippen LogP contribution in [0.15, 0.2) is 46.9 Å². The number of carbonyl (C=O) groups is 3. The number of hydrogen-bond acceptors (Lipinski definition) is 12. The molecular formula is C40H43ClN2O11. The van der Waals surface area contributed by atoms with Gasteiger partial charge in [-0.1, -0.05) is 18.5 Å². The molecule has 54 heavy (non-hydrogen) atoms. The molecule has 0 saturated carbocycles. The van der Waals surface area contributed by atoms with Crippen molar-refractivity contribution in [3.05, 3.63) is 75.5 Å². The van der Waals surface area contributed by atoms with E-state index >= 15 is 0 Å². The number of methoxy groups -OCH3 is 6. The number of hydrogen-bond donors (Lipinski definition) is 1. The molecule has 14 heteroatoms. The van der Waals surface area contributed by atoms with Gasteiger partial charge in [0.25, 0.3) is 0 Å². The topological polar surface area (TPSA) is 144 Å². The van der Waals surface area contributed by atoms with E-state index in [9.17, 15) is 14.4 Å². The van der Waals surface area contributed by atoms with Crippen LogP contribution >= 0.6 is 11.6 Å². The standard InChI is InChI=1S/C40H43ClN2O11/c1-20-14-27-32(38(45)40(20)39(46)33-26(48-5)18-28(49-6)34(41)37(33)54-40)24(35(53-27)21-10-12-23(47-4)13-11-21)17-31(44)42-19-25(43(2)3)22-15-29(50-7)36(52-9)30(16-22)51-8/h10-13,15-16,18,20,25H,14,17,19H2,1-9H3,(H,42,44)/t20-,25?,40+/m1/s1. The van der Waals surface area contributed by atoms with Crippen molar-refractivity contribution in [2.45, 2.75) is 31.4 Å². The summed E-state index contributed by atoms with van der Waals surface area (Å²) in [5.74, 6) is 0.773. The Balaban J connectivity index is 1.39. The average molecular weight is 763 g/mol. The minimum Gasteiger partial charge on any atom is -0.497 e. The molecule has 0 radical (unpaired) electrons. The molecule has 1 aliphatic heterocycles. The van der Waals surface area contributed by atoms with Crippen LogP contribution in [0, 0.1) is 5.92 Å². The van der Waals surface area contributed by atoms with Crippen LogP contribution in [-0.4, -0.2) is 91.3 Å². The Bertz CT molecular complexity index is 2080. The number of nitrogens with zero attached hydrogens (tertiary/aromatic N) is 1. The van der Waals surface area contributed by atoms with Crippen molar-refractivity contribution in [2.75, 3.05) is 63.3 Å². The van der Waals surface area contributed by atoms with Crippen LogP contribution in [0.3, 0.4) is 0 Å². The van der Waals surface area contributed by atoms with Gasteiger partial charge < -0.3 is 47.8 Å². The fourth-order valence-electron chi connectivity index (χ4n) is 7.30. The van der Waals surface area contributed by atoms with E-state index in [0.29, 0.717) is 45.6 Å². The van der Waals surface area contributed by atoms with Crippen LogP contribution in [0.2, 0.25) is 5.02 Å². The molecule has 2 aliphatic rings. The monoisotopic (exact) mass is 762 g/mol. The van der Waals surface area contributed by atoms with Gasteiger partial charge in [-0.05, 0) is 56.1 Å². The molecule has 2 heterocycles. The van der Waals surface area contributed by atoms with Crippen molar-refractivity contribution < 1.29 is 52.0 Å². The van der Waals surface area contributed by atoms with E-state index in [0.717, 1.165) is 5.56 Å². The number of benzene rings is 3. The van der Waals surface area contributed by atoms with E-state index in [-0.39, 0.29) is 64.7 Å². The molecule has 1 aliphatic carbocycles. The molecule has 3 atom stereocenters. The quantitative estimate of drug-likeness (QED) is 0.160. The molecule has 1 aromatic heterocycles. The molecular weight excluding hydrogens is 720 g/mol. The Kier molecular flexibility index (Phi) is 10.8. The van der Waals surface area contributed by atoms with Crippen LogP contribution < -0.4 is 38.5 Å². The van der Waals surface area contributed by atoms with Crippen molar-refractivity contribution in [1.82, 2.24) is 10.2 Å². The number of nitrogens with one attached hydrogen (secondary N) is 1. The van der Waals surface area contributed by atoms with Crippen molar-refractivity contribution in [3.8, 4) is 51.6 Å². The van der Waals surface area contributed by atoms with Gasteiger partial charge in [0.15, 0.2) is 17.2 Å². The van der Waals surface area contributed by atoms with Crippen LogP contribution in [0.25, 0.3) is 11.3 Å². The molecule has 1 N–H and O–H groups in total. The number of furan rings is 1. The van der Waals surface area contributed by atoms with Crippen molar-refractivity contribution in [1.29, 1.82) is 0 Å². The molecule has 0 fully saturated rings. The maximum absolute atomic E-state index is 14.9. The highest BCUT2D eigenvalue weighted by Crippen LogP contribution is 2.54. The highest BCUT2D eigenvalue weighted by Gasteiger charge is 2.63. The normalized spacial score (nSPS) is 17.8. The second-order valence-electron chi connectivity index (χ2n) is 13.3. The fourth-order valence-corrected chi connectivity index (χ4v) is 7.57. The molecule has 1 spiro atoms. The lowest BCUT2D eigenvalue weighted by atomic mass is 9.70. The minimum atomic E-state index is -1.99. The third-order valence-corrected chi connectivity index (χ3v) is 10.5. The van der Waals surface area contributed by atoms with Crippen LogP contribution in [0.5, 0.6) is 40.2 Å². The third kappa shape index (κ3) is 6.24. The average Bonchev–Trinajstić information content (AvgIpc) is 3.69. The van der Waals surface area contributed by atoms with Crippen molar-refractivity contribution in [2.24, 2.45) is 5.92 Å². The van der Waals surface area contributed by atoms with Crippen LogP contribution in [-0.2, 0) is 17.6 Å². The first-order valence-electron chi connectivity index (χ1n) is 17.1. The predicted molar refractivity (Wildman–Crippen MR) is 199 cm³/mol. The number of halogens is 1. The molecule has 13 nitrogen and oxygen atoms in total. The predicted octanol–water partition coefficient (Wildman–Crippen LogP) is 6.00. The lowest BCUT2D eigenvalue weighted by molar-refractivity contribution is -0.120. The van der Waals surface area contributed by atoms with Gasteiger partial charge in [0.05, 0.1) is 60.7 Å². The molecule has 1 unspecified atom stereocenters. The number of fused-ring (bicyclic) bond motifs is 2. The number of Topliss-reactive ketones (excluding diaryl/α,β-unsaturated/α-hetero) is 2. The van der Waals surface area contributed by atoms with Gasteiger partial charge in [0.2, 0.25) is 28.8 Å². The Morgan fingerprint density at radius 2 is 1.48 bits per heavy atom. The van der Waals surface area contributed by atoms with Crippen LogP contribution in [0.1, 0.15) is 50.6 Å². The number of rotatable bonds is 13. The number of ketones is 2. The van der Waals surface area contributed by atoms with E-state index in [4.69, 9.17) is 49.2 Å². The zero-order valence-corrected chi connectivity index (χ0v) is 32.4. The van der Waals surface area contributed by atoms with E-state index in [1.807, 2.05) is 31.1 Å². The van der Waals surface area contributed by atoms with Gasteiger partial charge in [-0.15, -0.1) is 0 Å². The molecule has 6 rings (SSSR count). The molecule has 1 amide bonds. The number of ether oxygens (including phenoxy) is 7. The SMILES string of the molecule is COc1ccc(-c2oc3c(c2CC(=O)NCC(c2cc(OC)c(OC)c(OC)c2)N(C)C)C(=O)[C@@]2(Oc4c(Cl)c(OC)cc(OC)c4C2=O)[C@H](C)C3)cc1.